The van der Waals surface area contributed by atoms with Crippen LogP contribution in [0.2, 0.25) is 0 Å². The van der Waals surface area contributed by atoms with Crippen LogP contribution in [-0.4, -0.2) is 6.71 Å². The number of aryl methyl sites for hydroxylation is 1. The summed E-state index contributed by atoms with van der Waals surface area (Å²) in [5.74, 6) is 0. The Bertz CT molecular complexity index is 4380. The highest BCUT2D eigenvalue weighted by molar-refractivity contribution is 7.26. The second-order valence-electron chi connectivity index (χ2n) is 35.5. The third-order valence-electron chi connectivity index (χ3n) is 23.2. The summed E-state index contributed by atoms with van der Waals surface area (Å²) in [6.45, 7) is 53.5. The predicted molar refractivity (Wildman–Crippen MR) is 395 cm³/mol. The van der Waals surface area contributed by atoms with Crippen molar-refractivity contribution in [1.29, 1.82) is 0 Å². The molecule has 5 aliphatic rings. The van der Waals surface area contributed by atoms with Crippen molar-refractivity contribution in [1.82, 2.24) is 0 Å². The molecule has 9 aromatic rings. The highest BCUT2D eigenvalue weighted by Gasteiger charge is 2.49. The molecule has 3 aliphatic carbocycles. The average molecular weight is 1210 g/mol. The molecular formula is C85H100BN3S. The number of hydrogen-bond donors (Lipinski definition) is 0. The van der Waals surface area contributed by atoms with Crippen molar-refractivity contribution in [3.8, 4) is 0 Å². The van der Waals surface area contributed by atoms with E-state index in [-0.39, 0.29) is 55.4 Å². The van der Waals surface area contributed by atoms with Gasteiger partial charge in [0.2, 0.25) is 0 Å². The summed E-state index contributed by atoms with van der Waals surface area (Å²) in [6, 6.07) is 55.0. The van der Waals surface area contributed by atoms with E-state index in [1.165, 1.54) is 139 Å². The van der Waals surface area contributed by atoms with Crippen molar-refractivity contribution in [2.24, 2.45) is 0 Å². The van der Waals surface area contributed by atoms with Crippen molar-refractivity contribution in [3.63, 3.8) is 0 Å². The molecular weight excluding hydrogens is 1110 g/mol. The first-order valence-electron chi connectivity index (χ1n) is 34.2. The molecule has 0 saturated carbocycles. The highest BCUT2D eigenvalue weighted by Crippen LogP contribution is 2.58. The number of fused-ring (bicyclic) bond motifs is 11. The van der Waals surface area contributed by atoms with Crippen molar-refractivity contribution in [3.05, 3.63) is 189 Å². The van der Waals surface area contributed by atoms with Gasteiger partial charge in [0.05, 0.1) is 16.1 Å². The molecule has 2 aliphatic heterocycles. The lowest BCUT2D eigenvalue weighted by atomic mass is 9.33. The third kappa shape index (κ3) is 9.43. The molecule has 8 aromatic carbocycles. The van der Waals surface area contributed by atoms with Gasteiger partial charge in [-0.15, -0.1) is 11.3 Å². The fourth-order valence-corrected chi connectivity index (χ4v) is 18.3. The van der Waals surface area contributed by atoms with E-state index in [2.05, 4.69) is 300 Å². The van der Waals surface area contributed by atoms with E-state index in [1.807, 2.05) is 11.3 Å². The summed E-state index contributed by atoms with van der Waals surface area (Å²) >= 11 is 2.01. The van der Waals surface area contributed by atoms with Crippen LogP contribution >= 0.6 is 11.3 Å². The van der Waals surface area contributed by atoms with E-state index in [1.54, 1.807) is 0 Å². The Morgan fingerprint density at radius 2 is 0.878 bits per heavy atom. The van der Waals surface area contributed by atoms with Crippen LogP contribution in [0.25, 0.3) is 20.2 Å². The molecule has 0 spiro atoms. The Balaban J connectivity index is 1.18. The Kier molecular flexibility index (Phi) is 13.4. The first-order chi connectivity index (χ1) is 41.9. The molecule has 90 heavy (non-hydrogen) atoms. The summed E-state index contributed by atoms with van der Waals surface area (Å²) in [5.41, 5.74) is 29.6. The number of nitrogens with zero attached hydrogens (tertiary/aromatic N) is 3. The van der Waals surface area contributed by atoms with Gasteiger partial charge in [-0.25, -0.2) is 0 Å². The fourth-order valence-electron chi connectivity index (χ4n) is 17.0. The first-order valence-corrected chi connectivity index (χ1v) is 35.0. The van der Waals surface area contributed by atoms with Gasteiger partial charge in [-0.1, -0.05) is 212 Å². The van der Waals surface area contributed by atoms with E-state index in [0.717, 1.165) is 42.7 Å². The first kappa shape index (κ1) is 61.0. The Morgan fingerprint density at radius 1 is 0.411 bits per heavy atom. The zero-order valence-corrected chi connectivity index (χ0v) is 59.6. The van der Waals surface area contributed by atoms with Crippen molar-refractivity contribution < 1.29 is 0 Å². The van der Waals surface area contributed by atoms with Gasteiger partial charge in [0.15, 0.2) is 0 Å². The molecule has 0 bridgehead atoms. The van der Waals surface area contributed by atoms with Gasteiger partial charge in [0, 0.05) is 55.3 Å². The molecule has 0 amide bonds. The van der Waals surface area contributed by atoms with Crippen LogP contribution in [0.4, 0.5) is 51.2 Å². The highest BCUT2D eigenvalue weighted by atomic mass is 32.1. The van der Waals surface area contributed by atoms with E-state index in [0.29, 0.717) is 0 Å². The largest absolute Gasteiger partial charge is 0.311 e. The Morgan fingerprint density at radius 3 is 1.39 bits per heavy atom. The smallest absolute Gasteiger partial charge is 0.252 e. The summed E-state index contributed by atoms with van der Waals surface area (Å²) in [5, 5.41) is 2.75. The molecule has 464 valence electrons. The van der Waals surface area contributed by atoms with E-state index >= 15 is 0 Å². The fraction of sp³-hybridized carbons (Fsp3) is 0.435. The second-order valence-corrected chi connectivity index (χ2v) is 36.6. The summed E-state index contributed by atoms with van der Waals surface area (Å²) in [7, 11) is 0. The van der Waals surface area contributed by atoms with Gasteiger partial charge in [0.25, 0.3) is 6.71 Å². The molecule has 0 N–H and O–H groups in total. The SMILES string of the molecule is Cc1cc2c(cc1N1c3cc(N(c4ccc(C(C)(C)C)cc4)c4ccc(C(C)(C)C)cc4)cc4c3B(c3cc5c(cc3N4c3ccc4c(c3)C(C)(C)CCC4(C)C)C(C)(C)CCC5(C)C)c3ccc4c(sc5cccc(C(C)(C)C)c54)c31)C(C)(C)CCC2(C)C. The van der Waals surface area contributed by atoms with E-state index < -0.39 is 0 Å². The normalized spacial score (nSPS) is 19.0. The number of anilines is 9. The van der Waals surface area contributed by atoms with Crippen molar-refractivity contribution >= 4 is 106 Å². The summed E-state index contributed by atoms with van der Waals surface area (Å²) < 4.78 is 2.72. The lowest BCUT2D eigenvalue weighted by Crippen LogP contribution is -2.62. The van der Waals surface area contributed by atoms with E-state index in [4.69, 9.17) is 0 Å². The molecule has 3 nitrogen and oxygen atoms in total. The van der Waals surface area contributed by atoms with Crippen LogP contribution in [0, 0.1) is 6.92 Å². The molecule has 0 atom stereocenters. The molecule has 1 aromatic heterocycles. The summed E-state index contributed by atoms with van der Waals surface area (Å²) in [4.78, 5) is 8.19. The van der Waals surface area contributed by atoms with Crippen LogP contribution in [0.1, 0.15) is 240 Å². The Labute approximate surface area is 545 Å². The van der Waals surface area contributed by atoms with Crippen LogP contribution in [-0.2, 0) is 48.7 Å². The standard InChI is InChI=1S/C85H100BN3S/c1-51-44-61-64(84(19,20)42-40-81(61,13)14)49-68(51)89-71-47-57(87(54-30-26-52(27-31-54)77(2,3)4)55-32-28-53(29-33-55)78(5,6)7)46-70-74(71)86(66-37-35-58-73-60(79(8,9)10)24-23-25-72(73)90-76(58)75(66)89)67-48-63-65(85(21,22)43-41-83(63,17)18)50-69(67)88(70)56-34-36-59-62(45-56)82(15,16)39-38-80(59,11)12/h23-37,44-50H,38-43H2,1-22H3. The lowest BCUT2D eigenvalue weighted by molar-refractivity contribution is 0.332. The molecule has 3 heterocycles. The maximum Gasteiger partial charge on any atom is 0.252 e. The quantitative estimate of drug-likeness (QED) is 0.159. The zero-order valence-electron chi connectivity index (χ0n) is 58.8. The minimum Gasteiger partial charge on any atom is -0.311 e. The topological polar surface area (TPSA) is 9.72 Å². The van der Waals surface area contributed by atoms with Crippen molar-refractivity contribution in [2.75, 3.05) is 14.7 Å². The molecule has 0 radical (unpaired) electrons. The zero-order chi connectivity index (χ0) is 64.3. The van der Waals surface area contributed by atoms with Gasteiger partial charge in [0.1, 0.15) is 0 Å². The maximum atomic E-state index is 2.83. The molecule has 14 rings (SSSR count). The number of thiophene rings is 1. The number of benzene rings is 8. The molecule has 0 saturated heterocycles. The van der Waals surface area contributed by atoms with Gasteiger partial charge < -0.3 is 14.7 Å². The lowest BCUT2D eigenvalue weighted by Gasteiger charge is -2.49. The molecule has 5 heteroatoms. The second kappa shape index (κ2) is 19.7. The van der Waals surface area contributed by atoms with Crippen molar-refractivity contribution in [2.45, 2.75) is 240 Å². The minimum absolute atomic E-state index is 0.00489. The Hall–Kier alpha value is -6.56. The molecule has 0 unspecified atom stereocenters. The van der Waals surface area contributed by atoms with Gasteiger partial charge in [-0.05, 0) is 233 Å². The van der Waals surface area contributed by atoms with Gasteiger partial charge in [-0.3, -0.25) is 0 Å². The third-order valence-corrected chi connectivity index (χ3v) is 24.4. The number of hydrogen-bond acceptors (Lipinski definition) is 4. The minimum atomic E-state index is -0.0729. The van der Waals surface area contributed by atoms with Gasteiger partial charge >= 0.3 is 0 Å². The maximum absolute atomic E-state index is 2.83. The predicted octanol–water partition coefficient (Wildman–Crippen LogP) is 22.9. The van der Waals surface area contributed by atoms with Crippen LogP contribution in [0.15, 0.2) is 133 Å². The van der Waals surface area contributed by atoms with Crippen LogP contribution in [0.3, 0.4) is 0 Å². The monoisotopic (exact) mass is 1210 g/mol. The number of rotatable bonds is 5. The van der Waals surface area contributed by atoms with Gasteiger partial charge in [-0.2, -0.15) is 0 Å². The van der Waals surface area contributed by atoms with Crippen LogP contribution in [0.5, 0.6) is 0 Å². The average Bonchev–Trinajstić information content (AvgIpc) is 0.904. The van der Waals surface area contributed by atoms with E-state index in [9.17, 15) is 0 Å². The molecule has 0 fully saturated rings. The van der Waals surface area contributed by atoms with Crippen LogP contribution < -0.4 is 31.1 Å². The summed E-state index contributed by atoms with van der Waals surface area (Å²) in [6.07, 6.45) is 6.93.